The highest BCUT2D eigenvalue weighted by Crippen LogP contribution is 2.25. The standard InChI is InChI=1S/C13H16ClN5O2/c1-4-9-13(19(20)21)10(5-2)18(17-9)7-12-15-8(3)6-11(14)16-12/h6H,4-5,7H2,1-3H3. The second-order valence-corrected chi connectivity index (χ2v) is 5.00. The van der Waals surface area contributed by atoms with Crippen molar-refractivity contribution in [3.63, 3.8) is 0 Å². The van der Waals surface area contributed by atoms with Gasteiger partial charge >= 0.3 is 5.69 Å². The number of nitro groups is 1. The molecule has 0 N–H and O–H groups in total. The first-order chi connectivity index (χ1) is 9.96. The van der Waals surface area contributed by atoms with Gasteiger partial charge in [0.1, 0.15) is 23.1 Å². The molecule has 0 amide bonds. The van der Waals surface area contributed by atoms with Crippen molar-refractivity contribution in [3.8, 4) is 0 Å². The van der Waals surface area contributed by atoms with Gasteiger partial charge < -0.3 is 0 Å². The van der Waals surface area contributed by atoms with Crippen LogP contribution in [0.3, 0.4) is 0 Å². The van der Waals surface area contributed by atoms with Gasteiger partial charge in [-0.3, -0.25) is 14.8 Å². The molecule has 21 heavy (non-hydrogen) atoms. The number of hydrogen-bond donors (Lipinski definition) is 0. The predicted octanol–water partition coefficient (Wildman–Crippen LogP) is 2.72. The van der Waals surface area contributed by atoms with Crippen LogP contribution in [0.4, 0.5) is 5.69 Å². The van der Waals surface area contributed by atoms with Crippen LogP contribution in [-0.2, 0) is 19.4 Å². The van der Waals surface area contributed by atoms with Crippen molar-refractivity contribution in [2.24, 2.45) is 0 Å². The summed E-state index contributed by atoms with van der Waals surface area (Å²) in [6.07, 6.45) is 1.02. The Morgan fingerprint density at radius 1 is 1.33 bits per heavy atom. The number of rotatable bonds is 5. The number of hydrogen-bond acceptors (Lipinski definition) is 5. The Hall–Kier alpha value is -2.02. The van der Waals surface area contributed by atoms with E-state index >= 15 is 0 Å². The van der Waals surface area contributed by atoms with Crippen LogP contribution in [0.1, 0.15) is 36.8 Å². The van der Waals surface area contributed by atoms with Gasteiger partial charge in [-0.25, -0.2) is 9.97 Å². The third-order valence-electron chi connectivity index (χ3n) is 3.11. The highest BCUT2D eigenvalue weighted by molar-refractivity contribution is 6.29. The molecule has 0 saturated heterocycles. The van der Waals surface area contributed by atoms with E-state index in [1.165, 1.54) is 0 Å². The third-order valence-corrected chi connectivity index (χ3v) is 3.31. The molecule has 0 spiro atoms. The lowest BCUT2D eigenvalue weighted by molar-refractivity contribution is -0.386. The minimum Gasteiger partial charge on any atom is -0.258 e. The van der Waals surface area contributed by atoms with E-state index in [9.17, 15) is 10.1 Å². The van der Waals surface area contributed by atoms with Crippen molar-refractivity contribution >= 4 is 17.3 Å². The second-order valence-electron chi connectivity index (χ2n) is 4.61. The van der Waals surface area contributed by atoms with Crippen molar-refractivity contribution in [1.29, 1.82) is 0 Å². The summed E-state index contributed by atoms with van der Waals surface area (Å²) in [5.41, 5.74) is 1.91. The first kappa shape index (κ1) is 15.4. The van der Waals surface area contributed by atoms with Gasteiger partial charge in [0, 0.05) is 5.69 Å². The fourth-order valence-corrected chi connectivity index (χ4v) is 2.52. The predicted molar refractivity (Wildman–Crippen MR) is 78.5 cm³/mol. The fraction of sp³-hybridized carbons (Fsp3) is 0.462. The summed E-state index contributed by atoms with van der Waals surface area (Å²) in [5, 5.41) is 15.9. The van der Waals surface area contributed by atoms with E-state index in [0.29, 0.717) is 35.2 Å². The monoisotopic (exact) mass is 309 g/mol. The largest absolute Gasteiger partial charge is 0.313 e. The number of aryl methyl sites for hydroxylation is 2. The Labute approximate surface area is 127 Å². The molecule has 2 aromatic heterocycles. The van der Waals surface area contributed by atoms with Crippen molar-refractivity contribution < 1.29 is 4.92 Å². The van der Waals surface area contributed by atoms with E-state index in [4.69, 9.17) is 11.6 Å². The maximum absolute atomic E-state index is 11.2. The highest BCUT2D eigenvalue weighted by Gasteiger charge is 2.25. The summed E-state index contributed by atoms with van der Waals surface area (Å²) in [6, 6.07) is 1.66. The molecule has 2 rings (SSSR count). The zero-order chi connectivity index (χ0) is 15.6. The molecule has 8 heteroatoms. The molecule has 112 valence electrons. The molecule has 0 fully saturated rings. The highest BCUT2D eigenvalue weighted by atomic mass is 35.5. The molecule has 0 unspecified atom stereocenters. The Morgan fingerprint density at radius 3 is 2.57 bits per heavy atom. The summed E-state index contributed by atoms with van der Waals surface area (Å²) in [5.74, 6) is 0.495. The lowest BCUT2D eigenvalue weighted by atomic mass is 10.2. The molecule has 0 aliphatic carbocycles. The summed E-state index contributed by atoms with van der Waals surface area (Å²) in [4.78, 5) is 19.3. The topological polar surface area (TPSA) is 86.7 Å². The average molecular weight is 310 g/mol. The Kier molecular flexibility index (Phi) is 4.52. The SMILES string of the molecule is CCc1nn(Cc2nc(C)cc(Cl)n2)c(CC)c1[N+](=O)[O-]. The third kappa shape index (κ3) is 3.18. The molecular weight excluding hydrogens is 294 g/mol. The van der Waals surface area contributed by atoms with E-state index < -0.39 is 0 Å². The smallest absolute Gasteiger partial charge is 0.258 e. The van der Waals surface area contributed by atoms with Gasteiger partial charge in [0.05, 0.1) is 4.92 Å². The van der Waals surface area contributed by atoms with Crippen LogP contribution in [0.25, 0.3) is 0 Å². The molecule has 0 radical (unpaired) electrons. The van der Waals surface area contributed by atoms with Gasteiger partial charge in [0.15, 0.2) is 5.82 Å². The molecule has 0 atom stereocenters. The summed E-state index contributed by atoms with van der Waals surface area (Å²) in [7, 11) is 0. The Bertz CT molecular complexity index is 663. The van der Waals surface area contributed by atoms with Crippen LogP contribution in [0, 0.1) is 17.0 Å². The first-order valence-corrected chi connectivity index (χ1v) is 7.07. The molecule has 0 aliphatic rings. The molecule has 0 saturated carbocycles. The summed E-state index contributed by atoms with van der Waals surface area (Å²) < 4.78 is 1.60. The number of halogens is 1. The van der Waals surface area contributed by atoms with Gasteiger partial charge in [0.2, 0.25) is 0 Å². The molecule has 0 aromatic carbocycles. The fourth-order valence-electron chi connectivity index (χ4n) is 2.27. The molecule has 2 aromatic rings. The van der Waals surface area contributed by atoms with Crippen molar-refractivity contribution in [1.82, 2.24) is 19.7 Å². The normalized spacial score (nSPS) is 10.9. The zero-order valence-corrected chi connectivity index (χ0v) is 12.9. The molecule has 0 bridgehead atoms. The van der Waals surface area contributed by atoms with Crippen LogP contribution in [0.2, 0.25) is 5.15 Å². The first-order valence-electron chi connectivity index (χ1n) is 6.69. The van der Waals surface area contributed by atoms with Crippen LogP contribution < -0.4 is 0 Å². The minimum absolute atomic E-state index is 0.0961. The number of aromatic nitrogens is 4. The molecular formula is C13H16ClN5O2. The summed E-state index contributed by atoms with van der Waals surface area (Å²) >= 11 is 5.92. The lowest BCUT2D eigenvalue weighted by Gasteiger charge is -2.05. The van der Waals surface area contributed by atoms with Crippen LogP contribution >= 0.6 is 11.6 Å². The Balaban J connectivity index is 2.46. The van der Waals surface area contributed by atoms with Crippen LogP contribution in [0.5, 0.6) is 0 Å². The molecule has 7 nitrogen and oxygen atoms in total. The van der Waals surface area contributed by atoms with Gasteiger partial charge in [0.25, 0.3) is 0 Å². The zero-order valence-electron chi connectivity index (χ0n) is 12.1. The van der Waals surface area contributed by atoms with Crippen molar-refractivity contribution in [2.45, 2.75) is 40.2 Å². The maximum Gasteiger partial charge on any atom is 0.313 e. The van der Waals surface area contributed by atoms with Gasteiger partial charge in [-0.15, -0.1) is 0 Å². The van der Waals surface area contributed by atoms with Crippen LogP contribution in [0.15, 0.2) is 6.07 Å². The molecule has 2 heterocycles. The van der Waals surface area contributed by atoms with E-state index in [1.807, 2.05) is 20.8 Å². The van der Waals surface area contributed by atoms with E-state index in [1.54, 1.807) is 10.7 Å². The van der Waals surface area contributed by atoms with Crippen molar-refractivity contribution in [3.05, 3.63) is 44.2 Å². The second kappa shape index (κ2) is 6.17. The summed E-state index contributed by atoms with van der Waals surface area (Å²) in [6.45, 7) is 5.80. The number of nitrogens with zero attached hydrogens (tertiary/aromatic N) is 5. The van der Waals surface area contributed by atoms with E-state index in [2.05, 4.69) is 15.1 Å². The lowest BCUT2D eigenvalue weighted by Crippen LogP contribution is -2.10. The van der Waals surface area contributed by atoms with E-state index in [0.717, 1.165) is 5.69 Å². The van der Waals surface area contributed by atoms with Crippen molar-refractivity contribution in [2.75, 3.05) is 0 Å². The van der Waals surface area contributed by atoms with Gasteiger partial charge in [-0.1, -0.05) is 25.4 Å². The van der Waals surface area contributed by atoms with Gasteiger partial charge in [-0.05, 0) is 25.8 Å². The minimum atomic E-state index is -0.370. The maximum atomic E-state index is 11.2. The quantitative estimate of drug-likeness (QED) is 0.481. The Morgan fingerprint density at radius 2 is 2.05 bits per heavy atom. The van der Waals surface area contributed by atoms with E-state index in [-0.39, 0.29) is 17.2 Å². The van der Waals surface area contributed by atoms with Gasteiger partial charge in [-0.2, -0.15) is 5.10 Å². The average Bonchev–Trinajstić information content (AvgIpc) is 2.75. The molecule has 0 aliphatic heterocycles. The van der Waals surface area contributed by atoms with Crippen LogP contribution in [-0.4, -0.2) is 24.7 Å².